The summed E-state index contributed by atoms with van der Waals surface area (Å²) < 4.78 is 54.7. The molecule has 26 heavy (non-hydrogen) atoms. The first kappa shape index (κ1) is 18.7. The fraction of sp³-hybridized carbons (Fsp3) is 0.235. The maximum Gasteiger partial charge on any atom is 0.215 e. The van der Waals surface area contributed by atoms with Crippen molar-refractivity contribution in [2.24, 2.45) is 0 Å². The lowest BCUT2D eigenvalue weighted by molar-refractivity contribution is 0.555. The van der Waals surface area contributed by atoms with Crippen molar-refractivity contribution in [3.05, 3.63) is 64.7 Å². The van der Waals surface area contributed by atoms with Gasteiger partial charge in [-0.3, -0.25) is 4.68 Å². The van der Waals surface area contributed by atoms with Gasteiger partial charge in [0.15, 0.2) is 0 Å². The number of halogens is 2. The minimum atomic E-state index is -3.71. The molecule has 0 saturated heterocycles. The van der Waals surface area contributed by atoms with Crippen molar-refractivity contribution < 1.29 is 17.2 Å². The van der Waals surface area contributed by atoms with Crippen molar-refractivity contribution in [1.29, 1.82) is 0 Å². The standard InChI is InChI=1S/C17H17F2N3O2S2/c1-12-7-16(17-3-2-6-25-17)21-22(12)5-4-20-26(23,24)11-13-8-14(18)10-15(19)9-13/h2-3,6-10,20H,4-5,11H2,1H3. The number of aromatic nitrogens is 2. The normalized spacial score (nSPS) is 11.8. The Hall–Kier alpha value is -2.10. The molecule has 5 nitrogen and oxygen atoms in total. The molecular weight excluding hydrogens is 380 g/mol. The topological polar surface area (TPSA) is 64.0 Å². The molecule has 3 rings (SSSR count). The van der Waals surface area contributed by atoms with Gasteiger partial charge in [-0.2, -0.15) is 5.10 Å². The van der Waals surface area contributed by atoms with Crippen molar-refractivity contribution in [3.8, 4) is 10.6 Å². The highest BCUT2D eigenvalue weighted by Gasteiger charge is 2.14. The number of aryl methyl sites for hydroxylation is 1. The Bertz CT molecular complexity index is 979. The van der Waals surface area contributed by atoms with Crippen molar-refractivity contribution in [1.82, 2.24) is 14.5 Å². The van der Waals surface area contributed by atoms with E-state index < -0.39 is 27.4 Å². The number of benzene rings is 1. The predicted molar refractivity (Wildman–Crippen MR) is 97.3 cm³/mol. The van der Waals surface area contributed by atoms with Crippen LogP contribution in [-0.4, -0.2) is 24.7 Å². The summed E-state index contributed by atoms with van der Waals surface area (Å²) in [5.74, 6) is -2.09. The Morgan fingerprint density at radius 2 is 1.92 bits per heavy atom. The molecule has 3 aromatic rings. The highest BCUT2D eigenvalue weighted by molar-refractivity contribution is 7.88. The monoisotopic (exact) mass is 397 g/mol. The van der Waals surface area contributed by atoms with Crippen LogP contribution in [0.4, 0.5) is 8.78 Å². The molecule has 0 atom stereocenters. The summed E-state index contributed by atoms with van der Waals surface area (Å²) in [5, 5.41) is 6.44. The molecule has 0 aliphatic heterocycles. The van der Waals surface area contributed by atoms with E-state index >= 15 is 0 Å². The van der Waals surface area contributed by atoms with E-state index in [4.69, 9.17) is 0 Å². The van der Waals surface area contributed by atoms with Crippen LogP contribution >= 0.6 is 11.3 Å². The molecule has 0 aliphatic carbocycles. The Morgan fingerprint density at radius 3 is 2.58 bits per heavy atom. The predicted octanol–water partition coefficient (Wildman–Crippen LogP) is 3.32. The number of nitrogens with zero attached hydrogens (tertiary/aromatic N) is 2. The molecular formula is C17H17F2N3O2S2. The van der Waals surface area contributed by atoms with Gasteiger partial charge in [-0.05, 0) is 42.1 Å². The van der Waals surface area contributed by atoms with Crippen molar-refractivity contribution in [2.75, 3.05) is 6.54 Å². The molecule has 1 aromatic carbocycles. The lowest BCUT2D eigenvalue weighted by Crippen LogP contribution is -2.29. The largest absolute Gasteiger partial charge is 0.268 e. The fourth-order valence-electron chi connectivity index (χ4n) is 2.55. The summed E-state index contributed by atoms with van der Waals surface area (Å²) in [5.41, 5.74) is 1.82. The van der Waals surface area contributed by atoms with E-state index in [1.54, 1.807) is 16.0 Å². The second-order valence-electron chi connectivity index (χ2n) is 5.80. The zero-order valence-electron chi connectivity index (χ0n) is 13.9. The van der Waals surface area contributed by atoms with Crippen LogP contribution in [0.25, 0.3) is 10.6 Å². The average Bonchev–Trinajstić information content (AvgIpc) is 3.15. The number of sulfonamides is 1. The van der Waals surface area contributed by atoms with E-state index in [9.17, 15) is 17.2 Å². The van der Waals surface area contributed by atoms with Gasteiger partial charge in [0.25, 0.3) is 0 Å². The summed E-state index contributed by atoms with van der Waals surface area (Å²) in [6.45, 7) is 2.38. The lowest BCUT2D eigenvalue weighted by atomic mass is 10.2. The maximum atomic E-state index is 13.2. The lowest BCUT2D eigenvalue weighted by Gasteiger charge is -2.08. The Labute approximate surface area is 154 Å². The molecule has 0 bridgehead atoms. The third-order valence-electron chi connectivity index (χ3n) is 3.68. The molecule has 0 amide bonds. The van der Waals surface area contributed by atoms with Gasteiger partial charge in [-0.25, -0.2) is 21.9 Å². The molecule has 2 heterocycles. The quantitative estimate of drug-likeness (QED) is 0.665. The first-order valence-electron chi connectivity index (χ1n) is 7.83. The third kappa shape index (κ3) is 4.75. The Balaban J connectivity index is 1.60. The fourth-order valence-corrected chi connectivity index (χ4v) is 4.34. The summed E-state index contributed by atoms with van der Waals surface area (Å²) in [6, 6.07) is 8.57. The van der Waals surface area contributed by atoms with E-state index in [1.807, 2.05) is 30.5 Å². The Morgan fingerprint density at radius 1 is 1.19 bits per heavy atom. The van der Waals surface area contributed by atoms with Gasteiger partial charge in [0.05, 0.1) is 17.2 Å². The highest BCUT2D eigenvalue weighted by atomic mass is 32.2. The van der Waals surface area contributed by atoms with Gasteiger partial charge >= 0.3 is 0 Å². The summed E-state index contributed by atoms with van der Waals surface area (Å²) in [6.07, 6.45) is 0. The summed E-state index contributed by atoms with van der Waals surface area (Å²) in [7, 11) is -3.71. The van der Waals surface area contributed by atoms with Gasteiger partial charge in [0, 0.05) is 18.3 Å². The van der Waals surface area contributed by atoms with Crippen LogP contribution in [0.15, 0.2) is 41.8 Å². The maximum absolute atomic E-state index is 13.2. The van der Waals surface area contributed by atoms with Crippen molar-refractivity contribution >= 4 is 21.4 Å². The third-order valence-corrected chi connectivity index (χ3v) is 5.93. The molecule has 138 valence electrons. The van der Waals surface area contributed by atoms with E-state index in [-0.39, 0.29) is 12.1 Å². The number of hydrogen-bond acceptors (Lipinski definition) is 4. The molecule has 0 aliphatic rings. The molecule has 1 N–H and O–H groups in total. The number of thiophene rings is 1. The zero-order valence-corrected chi connectivity index (χ0v) is 15.6. The van der Waals surface area contributed by atoms with E-state index in [0.29, 0.717) is 12.6 Å². The number of nitrogens with one attached hydrogen (secondary N) is 1. The highest BCUT2D eigenvalue weighted by Crippen LogP contribution is 2.23. The second-order valence-corrected chi connectivity index (χ2v) is 8.56. The van der Waals surface area contributed by atoms with Gasteiger partial charge in [-0.1, -0.05) is 6.07 Å². The second kappa shape index (κ2) is 7.65. The minimum absolute atomic E-state index is 0.0604. The van der Waals surface area contributed by atoms with Gasteiger partial charge in [0.1, 0.15) is 17.3 Å². The van der Waals surface area contributed by atoms with Crippen molar-refractivity contribution in [2.45, 2.75) is 19.2 Å². The van der Waals surface area contributed by atoms with Crippen LogP contribution in [0.1, 0.15) is 11.3 Å². The SMILES string of the molecule is Cc1cc(-c2cccs2)nn1CCNS(=O)(=O)Cc1cc(F)cc(F)c1. The van der Waals surface area contributed by atoms with Crippen molar-refractivity contribution in [3.63, 3.8) is 0 Å². The van der Waals surface area contributed by atoms with Crippen LogP contribution < -0.4 is 4.72 Å². The molecule has 0 fully saturated rings. The van der Waals surface area contributed by atoms with Gasteiger partial charge < -0.3 is 0 Å². The first-order chi connectivity index (χ1) is 12.3. The summed E-state index contributed by atoms with van der Waals surface area (Å²) >= 11 is 1.58. The Kier molecular flexibility index (Phi) is 5.49. The average molecular weight is 397 g/mol. The van der Waals surface area contributed by atoms with Gasteiger partial charge in [-0.15, -0.1) is 11.3 Å². The van der Waals surface area contributed by atoms with Crippen LogP contribution in [0.3, 0.4) is 0 Å². The molecule has 0 radical (unpaired) electrons. The van der Waals surface area contributed by atoms with Crippen LogP contribution in [0.5, 0.6) is 0 Å². The minimum Gasteiger partial charge on any atom is -0.268 e. The van der Waals surface area contributed by atoms with E-state index in [1.165, 1.54) is 0 Å². The molecule has 0 saturated carbocycles. The summed E-state index contributed by atoms with van der Waals surface area (Å²) in [4.78, 5) is 1.04. The zero-order chi connectivity index (χ0) is 18.7. The van der Waals surface area contributed by atoms with E-state index in [2.05, 4.69) is 9.82 Å². The molecule has 9 heteroatoms. The first-order valence-corrected chi connectivity index (χ1v) is 10.4. The molecule has 0 unspecified atom stereocenters. The number of hydrogen-bond donors (Lipinski definition) is 1. The molecule has 2 aromatic heterocycles. The van der Waals surface area contributed by atoms with Crippen LogP contribution in [0, 0.1) is 18.6 Å². The van der Waals surface area contributed by atoms with Crippen LogP contribution in [-0.2, 0) is 22.3 Å². The number of rotatable bonds is 7. The van der Waals surface area contributed by atoms with Crippen LogP contribution in [0.2, 0.25) is 0 Å². The smallest absolute Gasteiger partial charge is 0.215 e. The van der Waals surface area contributed by atoms with Gasteiger partial charge in [0.2, 0.25) is 10.0 Å². The molecule has 0 spiro atoms. The van der Waals surface area contributed by atoms with E-state index in [0.717, 1.165) is 28.4 Å².